The summed E-state index contributed by atoms with van der Waals surface area (Å²) in [5.41, 5.74) is 4.00. The standard InChI is InChI=1S/C23H26N4O2/c1-15-17-7-3-4-9-20(17)29-21(15)23(28)27-11-6-5-8-19(27)22-24-13-16-14-26(2)12-10-18(16)25-22/h3-4,7,9,13,19H,5-6,8,10-12,14H2,1-2H3/t19-/m1/s1. The molecule has 2 aromatic heterocycles. The molecule has 0 unspecified atom stereocenters. The smallest absolute Gasteiger partial charge is 0.290 e. The first kappa shape index (κ1) is 18.3. The van der Waals surface area contributed by atoms with Crippen LogP contribution in [0.3, 0.4) is 0 Å². The molecule has 1 saturated heterocycles. The molecule has 0 N–H and O–H groups in total. The summed E-state index contributed by atoms with van der Waals surface area (Å²) in [4.78, 5) is 27.3. The highest BCUT2D eigenvalue weighted by Gasteiger charge is 2.34. The van der Waals surface area contributed by atoms with Crippen LogP contribution in [0.15, 0.2) is 34.9 Å². The fourth-order valence-electron chi connectivity index (χ4n) is 4.59. The van der Waals surface area contributed by atoms with Gasteiger partial charge in [0.2, 0.25) is 0 Å². The Morgan fingerprint density at radius 2 is 2.07 bits per heavy atom. The van der Waals surface area contributed by atoms with Crippen molar-refractivity contribution < 1.29 is 9.21 Å². The average Bonchev–Trinajstić information content (AvgIpc) is 3.09. The summed E-state index contributed by atoms with van der Waals surface area (Å²) in [7, 11) is 2.12. The zero-order valence-corrected chi connectivity index (χ0v) is 17.0. The fourth-order valence-corrected chi connectivity index (χ4v) is 4.59. The lowest BCUT2D eigenvalue weighted by Crippen LogP contribution is -2.39. The Hall–Kier alpha value is -2.73. The molecule has 5 rings (SSSR count). The Morgan fingerprint density at radius 3 is 2.93 bits per heavy atom. The zero-order valence-electron chi connectivity index (χ0n) is 17.0. The maximum atomic E-state index is 13.5. The molecule has 1 atom stereocenters. The highest BCUT2D eigenvalue weighted by atomic mass is 16.3. The molecule has 1 fully saturated rings. The van der Waals surface area contributed by atoms with Gasteiger partial charge in [0, 0.05) is 54.5 Å². The van der Waals surface area contributed by atoms with Gasteiger partial charge in [0.1, 0.15) is 5.58 Å². The SMILES string of the molecule is Cc1c(C(=O)N2CCCC[C@@H]2c2ncc3c(n2)CCN(C)C3)oc2ccccc12. The first-order chi connectivity index (χ1) is 14.1. The molecular weight excluding hydrogens is 364 g/mol. The Balaban J connectivity index is 1.48. The number of para-hydroxylation sites is 1. The first-order valence-electron chi connectivity index (χ1n) is 10.4. The van der Waals surface area contributed by atoms with Crippen molar-refractivity contribution in [2.24, 2.45) is 0 Å². The van der Waals surface area contributed by atoms with Crippen LogP contribution in [0.1, 0.15) is 58.5 Å². The van der Waals surface area contributed by atoms with Gasteiger partial charge in [-0.2, -0.15) is 0 Å². The highest BCUT2D eigenvalue weighted by Crippen LogP contribution is 2.33. The predicted molar refractivity (Wildman–Crippen MR) is 111 cm³/mol. The van der Waals surface area contributed by atoms with E-state index in [0.29, 0.717) is 12.3 Å². The lowest BCUT2D eigenvalue weighted by Gasteiger charge is -2.35. The molecule has 0 aliphatic carbocycles. The molecule has 6 nitrogen and oxygen atoms in total. The summed E-state index contributed by atoms with van der Waals surface area (Å²) in [6, 6.07) is 7.73. The van der Waals surface area contributed by atoms with Gasteiger partial charge in [0.25, 0.3) is 5.91 Å². The number of benzene rings is 1. The van der Waals surface area contributed by atoms with Crippen molar-refractivity contribution in [2.45, 2.75) is 45.2 Å². The van der Waals surface area contributed by atoms with Gasteiger partial charge in [-0.15, -0.1) is 0 Å². The minimum atomic E-state index is -0.0891. The highest BCUT2D eigenvalue weighted by molar-refractivity contribution is 5.99. The van der Waals surface area contributed by atoms with Gasteiger partial charge in [-0.3, -0.25) is 4.79 Å². The van der Waals surface area contributed by atoms with Crippen molar-refractivity contribution in [3.63, 3.8) is 0 Å². The maximum absolute atomic E-state index is 13.5. The van der Waals surface area contributed by atoms with E-state index in [1.807, 2.05) is 42.3 Å². The lowest BCUT2D eigenvalue weighted by molar-refractivity contribution is 0.0568. The molecule has 0 saturated carbocycles. The number of amides is 1. The van der Waals surface area contributed by atoms with Gasteiger partial charge in [0.05, 0.1) is 6.04 Å². The third-order valence-corrected chi connectivity index (χ3v) is 6.24. The lowest BCUT2D eigenvalue weighted by atomic mass is 9.99. The van der Waals surface area contributed by atoms with Crippen molar-refractivity contribution >= 4 is 16.9 Å². The number of piperidine rings is 1. The first-order valence-corrected chi connectivity index (χ1v) is 10.4. The van der Waals surface area contributed by atoms with Crippen molar-refractivity contribution in [3.05, 3.63) is 58.9 Å². The van der Waals surface area contributed by atoms with Crippen LogP contribution >= 0.6 is 0 Å². The molecule has 0 radical (unpaired) electrons. The number of likely N-dealkylation sites (tertiary alicyclic amines) is 1. The van der Waals surface area contributed by atoms with Crippen LogP contribution < -0.4 is 0 Å². The van der Waals surface area contributed by atoms with Gasteiger partial charge in [0.15, 0.2) is 11.6 Å². The molecule has 2 aliphatic rings. The van der Waals surface area contributed by atoms with Crippen LogP contribution in [0.25, 0.3) is 11.0 Å². The van der Waals surface area contributed by atoms with Crippen molar-refractivity contribution in [1.82, 2.24) is 19.8 Å². The van der Waals surface area contributed by atoms with E-state index in [9.17, 15) is 4.79 Å². The normalized spacial score (nSPS) is 20.1. The van der Waals surface area contributed by atoms with Crippen LogP contribution in [0.2, 0.25) is 0 Å². The molecule has 0 spiro atoms. The number of nitrogens with zero attached hydrogens (tertiary/aromatic N) is 4. The summed E-state index contributed by atoms with van der Waals surface area (Å²) < 4.78 is 5.96. The summed E-state index contributed by atoms with van der Waals surface area (Å²) in [5.74, 6) is 1.16. The minimum Gasteiger partial charge on any atom is -0.451 e. The summed E-state index contributed by atoms with van der Waals surface area (Å²) in [5, 5.41) is 0.999. The van der Waals surface area contributed by atoms with Crippen LogP contribution in [-0.4, -0.2) is 45.8 Å². The Morgan fingerprint density at radius 1 is 1.21 bits per heavy atom. The minimum absolute atomic E-state index is 0.0514. The number of carbonyl (C=O) groups is 1. The number of hydrogen-bond donors (Lipinski definition) is 0. The van der Waals surface area contributed by atoms with E-state index in [1.165, 1.54) is 5.56 Å². The van der Waals surface area contributed by atoms with Crippen molar-refractivity contribution in [2.75, 3.05) is 20.1 Å². The largest absolute Gasteiger partial charge is 0.451 e. The molecule has 0 bridgehead atoms. The van der Waals surface area contributed by atoms with E-state index in [2.05, 4.69) is 16.9 Å². The molecule has 29 heavy (non-hydrogen) atoms. The Labute approximate surface area is 170 Å². The molecule has 1 aromatic carbocycles. The van der Waals surface area contributed by atoms with E-state index in [0.717, 1.165) is 66.8 Å². The van der Waals surface area contributed by atoms with Gasteiger partial charge >= 0.3 is 0 Å². The number of fused-ring (bicyclic) bond motifs is 2. The van der Waals surface area contributed by atoms with E-state index in [1.54, 1.807) is 0 Å². The number of hydrogen-bond acceptors (Lipinski definition) is 5. The topological polar surface area (TPSA) is 62.5 Å². The second-order valence-corrected chi connectivity index (χ2v) is 8.25. The van der Waals surface area contributed by atoms with Gasteiger partial charge in [-0.05, 0) is 39.3 Å². The Bertz CT molecular complexity index is 1070. The molecule has 1 amide bonds. The monoisotopic (exact) mass is 390 g/mol. The third-order valence-electron chi connectivity index (χ3n) is 6.24. The van der Waals surface area contributed by atoms with E-state index in [4.69, 9.17) is 9.40 Å². The second-order valence-electron chi connectivity index (χ2n) is 8.25. The number of furan rings is 1. The number of likely N-dealkylation sites (N-methyl/N-ethyl adjacent to an activating group) is 1. The average molecular weight is 390 g/mol. The molecule has 4 heterocycles. The van der Waals surface area contributed by atoms with Crippen LogP contribution in [0, 0.1) is 6.92 Å². The summed E-state index contributed by atoms with van der Waals surface area (Å²) in [6.07, 6.45) is 5.86. The number of rotatable bonds is 2. The third kappa shape index (κ3) is 3.21. The molecular formula is C23H26N4O2. The molecule has 6 heteroatoms. The van der Waals surface area contributed by atoms with Crippen molar-refractivity contribution in [3.8, 4) is 0 Å². The molecule has 150 valence electrons. The zero-order chi connectivity index (χ0) is 20.0. The number of aromatic nitrogens is 2. The van der Waals surface area contributed by atoms with E-state index in [-0.39, 0.29) is 11.9 Å². The quantitative estimate of drug-likeness (QED) is 0.664. The fraction of sp³-hybridized carbons (Fsp3) is 0.435. The van der Waals surface area contributed by atoms with Crippen LogP contribution in [0.4, 0.5) is 0 Å². The number of carbonyl (C=O) groups excluding carboxylic acids is 1. The van der Waals surface area contributed by atoms with E-state index >= 15 is 0 Å². The Kier molecular flexibility index (Phi) is 4.59. The van der Waals surface area contributed by atoms with Gasteiger partial charge < -0.3 is 14.2 Å². The summed E-state index contributed by atoms with van der Waals surface area (Å²) in [6.45, 7) is 4.57. The number of aryl methyl sites for hydroxylation is 1. The van der Waals surface area contributed by atoms with Crippen LogP contribution in [-0.2, 0) is 13.0 Å². The predicted octanol–water partition coefficient (Wildman–Crippen LogP) is 3.89. The molecule has 2 aliphatic heterocycles. The van der Waals surface area contributed by atoms with Gasteiger partial charge in [-0.1, -0.05) is 18.2 Å². The van der Waals surface area contributed by atoms with Gasteiger partial charge in [-0.25, -0.2) is 9.97 Å². The van der Waals surface area contributed by atoms with E-state index < -0.39 is 0 Å². The molecule has 3 aromatic rings. The maximum Gasteiger partial charge on any atom is 0.290 e. The van der Waals surface area contributed by atoms with Crippen LogP contribution in [0.5, 0.6) is 0 Å². The summed E-state index contributed by atoms with van der Waals surface area (Å²) >= 11 is 0. The second kappa shape index (κ2) is 7.26. The van der Waals surface area contributed by atoms with Crippen molar-refractivity contribution in [1.29, 1.82) is 0 Å².